The van der Waals surface area contributed by atoms with Gasteiger partial charge in [0, 0.05) is 12.1 Å². The molecule has 1 saturated heterocycles. The van der Waals surface area contributed by atoms with E-state index in [4.69, 9.17) is 4.84 Å². The molecule has 2 aliphatic heterocycles. The monoisotopic (exact) mass is 264 g/mol. The molecule has 6 heteroatoms. The maximum atomic E-state index is 13.2. The third-order valence-corrected chi connectivity index (χ3v) is 3.37. The highest BCUT2D eigenvalue weighted by molar-refractivity contribution is 6.04. The Bertz CT molecular complexity index is 541. The number of hydrogen-bond acceptors (Lipinski definition) is 3. The minimum Gasteiger partial charge on any atom is -0.325 e. The molecule has 0 aliphatic carbocycles. The number of hydrogen-bond donors (Lipinski definition) is 1. The molecule has 0 unspecified atom stereocenters. The van der Waals surface area contributed by atoms with Crippen LogP contribution in [-0.2, 0) is 14.4 Å². The van der Waals surface area contributed by atoms with Crippen LogP contribution < -0.4 is 5.32 Å². The summed E-state index contributed by atoms with van der Waals surface area (Å²) < 4.78 is 13.2. The van der Waals surface area contributed by atoms with E-state index in [1.165, 1.54) is 23.3 Å². The van der Waals surface area contributed by atoms with Crippen LogP contribution in [0.5, 0.6) is 0 Å². The van der Waals surface area contributed by atoms with E-state index in [1.54, 1.807) is 0 Å². The van der Waals surface area contributed by atoms with E-state index in [9.17, 15) is 14.0 Å². The molecule has 1 N–H and O–H groups in total. The topological polar surface area (TPSA) is 58.6 Å². The molecule has 1 aromatic carbocycles. The zero-order valence-corrected chi connectivity index (χ0v) is 10.2. The minimum atomic E-state index is -0.637. The van der Waals surface area contributed by atoms with Crippen molar-refractivity contribution in [2.75, 3.05) is 18.5 Å². The van der Waals surface area contributed by atoms with Gasteiger partial charge >= 0.3 is 0 Å². The lowest BCUT2D eigenvalue weighted by Gasteiger charge is -2.16. The van der Waals surface area contributed by atoms with Crippen molar-refractivity contribution in [3.8, 4) is 0 Å². The van der Waals surface area contributed by atoms with Crippen molar-refractivity contribution in [3.63, 3.8) is 0 Å². The van der Waals surface area contributed by atoms with Crippen molar-refractivity contribution in [2.45, 2.75) is 18.8 Å². The van der Waals surface area contributed by atoms with Crippen LogP contribution in [-0.4, -0.2) is 30.0 Å². The van der Waals surface area contributed by atoms with Crippen molar-refractivity contribution < 1.29 is 18.8 Å². The van der Waals surface area contributed by atoms with Gasteiger partial charge < -0.3 is 5.32 Å². The summed E-state index contributed by atoms with van der Waals surface area (Å²) >= 11 is 0. The van der Waals surface area contributed by atoms with E-state index in [0.717, 1.165) is 6.42 Å². The quantitative estimate of drug-likeness (QED) is 0.878. The van der Waals surface area contributed by atoms with E-state index < -0.39 is 11.7 Å². The first-order valence-electron chi connectivity index (χ1n) is 6.19. The maximum Gasteiger partial charge on any atom is 0.247 e. The van der Waals surface area contributed by atoms with Crippen LogP contribution >= 0.6 is 0 Å². The van der Waals surface area contributed by atoms with Gasteiger partial charge in [0.15, 0.2) is 0 Å². The van der Waals surface area contributed by atoms with Gasteiger partial charge in [0.25, 0.3) is 0 Å². The Morgan fingerprint density at radius 2 is 2.37 bits per heavy atom. The zero-order chi connectivity index (χ0) is 13.4. The van der Waals surface area contributed by atoms with Gasteiger partial charge in [-0.3, -0.25) is 14.4 Å². The van der Waals surface area contributed by atoms with Crippen LogP contribution in [0.15, 0.2) is 18.2 Å². The van der Waals surface area contributed by atoms with Gasteiger partial charge in [-0.1, -0.05) is 0 Å². The summed E-state index contributed by atoms with van der Waals surface area (Å²) in [6.45, 7) is 1.07. The second-order valence-corrected chi connectivity index (χ2v) is 4.66. The Hall–Kier alpha value is -1.95. The molecule has 1 fully saturated rings. The van der Waals surface area contributed by atoms with Gasteiger partial charge in [0.05, 0.1) is 19.1 Å². The summed E-state index contributed by atoms with van der Waals surface area (Å²) in [5.74, 6) is -1.56. The second-order valence-electron chi connectivity index (χ2n) is 4.66. The third-order valence-electron chi connectivity index (χ3n) is 3.37. The van der Waals surface area contributed by atoms with Crippen LogP contribution in [0.4, 0.5) is 10.1 Å². The normalized spacial score (nSPS) is 21.4. The molecule has 2 heterocycles. The molecule has 19 heavy (non-hydrogen) atoms. The molecule has 0 spiro atoms. The highest BCUT2D eigenvalue weighted by atomic mass is 19.1. The number of hydroxylamine groups is 2. The van der Waals surface area contributed by atoms with Gasteiger partial charge in [-0.2, -0.15) is 0 Å². The lowest BCUT2D eigenvalue weighted by atomic mass is 9.97. The molecule has 0 saturated carbocycles. The number of halogens is 1. The van der Waals surface area contributed by atoms with Gasteiger partial charge in [-0.05, 0) is 30.2 Å². The lowest BCUT2D eigenvalue weighted by Crippen LogP contribution is -2.29. The highest BCUT2D eigenvalue weighted by Gasteiger charge is 2.34. The number of amides is 2. The maximum absolute atomic E-state index is 13.2. The molecule has 5 nitrogen and oxygen atoms in total. The van der Waals surface area contributed by atoms with E-state index in [0.29, 0.717) is 24.4 Å². The molecule has 1 atom stereocenters. The highest BCUT2D eigenvalue weighted by Crippen LogP contribution is 2.35. The number of nitrogens with zero attached hydrogens (tertiary/aromatic N) is 1. The van der Waals surface area contributed by atoms with Crippen molar-refractivity contribution in [1.82, 2.24) is 5.06 Å². The fraction of sp³-hybridized carbons (Fsp3) is 0.385. The summed E-state index contributed by atoms with van der Waals surface area (Å²) in [6, 6.07) is 4.10. The van der Waals surface area contributed by atoms with Crippen molar-refractivity contribution in [2.24, 2.45) is 0 Å². The number of carbonyl (C=O) groups excluding carboxylic acids is 2. The van der Waals surface area contributed by atoms with Crippen molar-refractivity contribution in [3.05, 3.63) is 29.6 Å². The van der Waals surface area contributed by atoms with Crippen LogP contribution in [0.3, 0.4) is 0 Å². The number of carbonyl (C=O) groups is 2. The van der Waals surface area contributed by atoms with E-state index in [1.807, 2.05) is 0 Å². The van der Waals surface area contributed by atoms with E-state index in [-0.39, 0.29) is 18.2 Å². The SMILES string of the molecule is O=C1Nc2ccc(F)cc2[C@H]1CC(=O)N1CCCO1. The second kappa shape index (κ2) is 4.62. The predicted molar refractivity (Wildman–Crippen MR) is 64.7 cm³/mol. The molecule has 2 amide bonds. The van der Waals surface area contributed by atoms with Gasteiger partial charge in [0.2, 0.25) is 11.8 Å². The van der Waals surface area contributed by atoms with Crippen LogP contribution in [0, 0.1) is 5.82 Å². The number of anilines is 1. The van der Waals surface area contributed by atoms with Crippen LogP contribution in [0.25, 0.3) is 0 Å². The van der Waals surface area contributed by atoms with E-state index >= 15 is 0 Å². The molecule has 1 aromatic rings. The summed E-state index contributed by atoms with van der Waals surface area (Å²) in [5.41, 5.74) is 1.11. The average Bonchev–Trinajstić information content (AvgIpc) is 2.99. The molecule has 2 aliphatic rings. The van der Waals surface area contributed by atoms with Crippen LogP contribution in [0.2, 0.25) is 0 Å². The molecule has 0 radical (unpaired) electrons. The van der Waals surface area contributed by atoms with Crippen LogP contribution in [0.1, 0.15) is 24.3 Å². The van der Waals surface area contributed by atoms with Gasteiger partial charge in [0.1, 0.15) is 5.82 Å². The molecular weight excluding hydrogens is 251 g/mol. The molecular formula is C13H13FN2O3. The van der Waals surface area contributed by atoms with Crippen molar-refractivity contribution >= 4 is 17.5 Å². The number of fused-ring (bicyclic) bond motifs is 1. The Kier molecular flexibility index (Phi) is 2.94. The fourth-order valence-electron chi connectivity index (χ4n) is 2.42. The minimum absolute atomic E-state index is 0.00227. The molecule has 0 aromatic heterocycles. The Labute approximate surface area is 109 Å². The Morgan fingerprint density at radius 3 is 3.11 bits per heavy atom. The summed E-state index contributed by atoms with van der Waals surface area (Å²) in [5, 5.41) is 3.94. The fourth-order valence-corrected chi connectivity index (χ4v) is 2.42. The van der Waals surface area contributed by atoms with E-state index in [2.05, 4.69) is 5.32 Å². The molecule has 0 bridgehead atoms. The number of benzene rings is 1. The Balaban J connectivity index is 1.80. The first kappa shape index (κ1) is 12.1. The van der Waals surface area contributed by atoms with Gasteiger partial charge in [-0.15, -0.1) is 0 Å². The largest absolute Gasteiger partial charge is 0.325 e. The summed E-state index contributed by atoms with van der Waals surface area (Å²) in [4.78, 5) is 29.0. The standard InChI is InChI=1S/C13H13FN2O3/c14-8-2-3-11-9(6-8)10(13(18)15-11)7-12(17)16-4-1-5-19-16/h2-3,6,10H,1,4-5,7H2,(H,15,18)/t10-/m1/s1. The smallest absolute Gasteiger partial charge is 0.247 e. The third kappa shape index (κ3) is 2.19. The molecule has 3 rings (SSSR count). The van der Waals surface area contributed by atoms with Crippen molar-refractivity contribution in [1.29, 1.82) is 0 Å². The summed E-state index contributed by atoms with van der Waals surface area (Å²) in [6.07, 6.45) is 0.802. The Morgan fingerprint density at radius 1 is 1.53 bits per heavy atom. The molecule has 100 valence electrons. The first-order valence-corrected chi connectivity index (χ1v) is 6.19. The first-order chi connectivity index (χ1) is 9.15. The predicted octanol–water partition coefficient (Wildman–Crippen LogP) is 1.42. The van der Waals surface area contributed by atoms with Gasteiger partial charge in [-0.25, -0.2) is 9.45 Å². The summed E-state index contributed by atoms with van der Waals surface area (Å²) in [7, 11) is 0. The number of nitrogens with one attached hydrogen (secondary N) is 1. The number of rotatable bonds is 2. The lowest BCUT2D eigenvalue weighted by molar-refractivity contribution is -0.169. The average molecular weight is 264 g/mol. The zero-order valence-electron chi connectivity index (χ0n) is 10.2.